The zero-order chi connectivity index (χ0) is 19.6. The number of nitrogens with zero attached hydrogens (tertiary/aromatic N) is 1. The van der Waals surface area contributed by atoms with E-state index in [1.54, 1.807) is 29.6 Å². The third-order valence-corrected chi connectivity index (χ3v) is 6.94. The lowest BCUT2D eigenvalue weighted by Crippen LogP contribution is -2.28. The quantitative estimate of drug-likeness (QED) is 0.688. The van der Waals surface area contributed by atoms with Gasteiger partial charge in [0.05, 0.1) is 5.69 Å². The van der Waals surface area contributed by atoms with E-state index >= 15 is 0 Å². The largest absolute Gasteiger partial charge is 0.321 e. The van der Waals surface area contributed by atoms with E-state index in [0.717, 1.165) is 22.5 Å². The zero-order valence-electron chi connectivity index (χ0n) is 15.3. The topological polar surface area (TPSA) is 66.5 Å². The molecule has 1 N–H and O–H groups in total. The Morgan fingerprint density at radius 2 is 1.63 bits per heavy atom. The Bertz CT molecular complexity index is 1050. The fourth-order valence-corrected chi connectivity index (χ4v) is 5.32. The number of hydrogen-bond donors (Lipinski definition) is 1. The molecule has 1 aromatic heterocycles. The average Bonchev–Trinajstić information content (AvgIpc) is 3.11. The van der Waals surface area contributed by atoms with Crippen molar-refractivity contribution < 1.29 is 13.2 Å². The SMILES string of the molecule is Cc1cc(C)cc(NC(=O)c2sccc2S(=O)(=O)N(C)c2ccccc2)c1. The van der Waals surface area contributed by atoms with Crippen molar-refractivity contribution in [1.82, 2.24) is 0 Å². The number of thiophene rings is 1. The molecular weight excluding hydrogens is 380 g/mol. The molecule has 27 heavy (non-hydrogen) atoms. The normalized spacial score (nSPS) is 11.2. The van der Waals surface area contributed by atoms with Gasteiger partial charge in [0.1, 0.15) is 9.77 Å². The van der Waals surface area contributed by atoms with E-state index < -0.39 is 15.9 Å². The molecule has 1 amide bonds. The molecule has 5 nitrogen and oxygen atoms in total. The maximum absolute atomic E-state index is 13.0. The number of para-hydroxylation sites is 1. The van der Waals surface area contributed by atoms with Crippen LogP contribution in [0.25, 0.3) is 0 Å². The minimum Gasteiger partial charge on any atom is -0.321 e. The van der Waals surface area contributed by atoms with Crippen LogP contribution < -0.4 is 9.62 Å². The summed E-state index contributed by atoms with van der Waals surface area (Å²) in [5, 5.41) is 4.42. The van der Waals surface area contributed by atoms with Crippen molar-refractivity contribution in [2.24, 2.45) is 0 Å². The predicted molar refractivity (Wildman–Crippen MR) is 110 cm³/mol. The number of anilines is 2. The first-order chi connectivity index (χ1) is 12.8. The first kappa shape index (κ1) is 19.1. The Labute approximate surface area is 163 Å². The molecule has 2 aromatic carbocycles. The standard InChI is InChI=1S/C20H20N2O3S2/c1-14-11-15(2)13-16(12-14)21-20(23)19-18(9-10-26-19)27(24,25)22(3)17-7-5-4-6-8-17/h4-13H,1-3H3,(H,21,23). The van der Waals surface area contributed by atoms with E-state index in [-0.39, 0.29) is 9.77 Å². The van der Waals surface area contributed by atoms with Crippen LogP contribution in [0.2, 0.25) is 0 Å². The molecule has 0 saturated carbocycles. The number of benzene rings is 2. The van der Waals surface area contributed by atoms with Crippen molar-refractivity contribution >= 4 is 38.6 Å². The molecule has 0 unspecified atom stereocenters. The Morgan fingerprint density at radius 3 is 2.26 bits per heavy atom. The van der Waals surface area contributed by atoms with Crippen LogP contribution in [0.5, 0.6) is 0 Å². The summed E-state index contributed by atoms with van der Waals surface area (Å²) in [6.45, 7) is 3.89. The van der Waals surface area contributed by atoms with Crippen LogP contribution in [0.15, 0.2) is 64.9 Å². The molecule has 0 spiro atoms. The number of carbonyl (C=O) groups excluding carboxylic acids is 1. The molecular formula is C20H20N2O3S2. The van der Waals surface area contributed by atoms with Crippen LogP contribution in [0.1, 0.15) is 20.8 Å². The van der Waals surface area contributed by atoms with Crippen LogP contribution in [0.3, 0.4) is 0 Å². The first-order valence-corrected chi connectivity index (χ1v) is 10.6. The number of hydrogen-bond acceptors (Lipinski definition) is 4. The number of rotatable bonds is 5. The van der Waals surface area contributed by atoms with Crippen molar-refractivity contribution in [1.29, 1.82) is 0 Å². The van der Waals surface area contributed by atoms with Gasteiger partial charge in [0, 0.05) is 12.7 Å². The fourth-order valence-electron chi connectivity index (χ4n) is 2.83. The third-order valence-electron chi connectivity index (χ3n) is 4.07. The fraction of sp³-hybridized carbons (Fsp3) is 0.150. The lowest BCUT2D eigenvalue weighted by molar-refractivity contribution is 0.102. The Balaban J connectivity index is 1.92. The highest BCUT2D eigenvalue weighted by Crippen LogP contribution is 2.28. The molecule has 7 heteroatoms. The lowest BCUT2D eigenvalue weighted by atomic mass is 10.1. The number of aryl methyl sites for hydroxylation is 2. The van der Waals surface area contributed by atoms with Crippen LogP contribution in [-0.4, -0.2) is 21.4 Å². The summed E-state index contributed by atoms with van der Waals surface area (Å²) in [4.78, 5) is 12.9. The monoisotopic (exact) mass is 400 g/mol. The first-order valence-electron chi connectivity index (χ1n) is 8.30. The summed E-state index contributed by atoms with van der Waals surface area (Å²) in [6, 6.07) is 15.9. The Hall–Kier alpha value is -2.64. The molecule has 0 bridgehead atoms. The van der Waals surface area contributed by atoms with Crippen molar-refractivity contribution in [2.45, 2.75) is 18.7 Å². The Morgan fingerprint density at radius 1 is 1.00 bits per heavy atom. The van der Waals surface area contributed by atoms with E-state index in [0.29, 0.717) is 11.4 Å². The molecule has 0 aliphatic carbocycles. The number of nitrogens with one attached hydrogen (secondary N) is 1. The van der Waals surface area contributed by atoms with Gasteiger partial charge in [0.25, 0.3) is 15.9 Å². The van der Waals surface area contributed by atoms with Crippen molar-refractivity contribution in [3.8, 4) is 0 Å². The number of amides is 1. The second-order valence-corrected chi connectivity index (χ2v) is 9.11. The Kier molecular flexibility index (Phi) is 5.34. The minimum atomic E-state index is -3.85. The second-order valence-electron chi connectivity index (χ2n) is 6.25. The van der Waals surface area contributed by atoms with Crippen molar-refractivity contribution in [3.63, 3.8) is 0 Å². The highest BCUT2D eigenvalue weighted by Gasteiger charge is 2.28. The van der Waals surface area contributed by atoms with Gasteiger partial charge < -0.3 is 5.32 Å². The molecule has 0 radical (unpaired) electrons. The van der Waals surface area contributed by atoms with E-state index in [4.69, 9.17) is 0 Å². The summed E-state index contributed by atoms with van der Waals surface area (Å²) in [5.74, 6) is -0.435. The van der Waals surface area contributed by atoms with Crippen LogP contribution in [0, 0.1) is 13.8 Å². The van der Waals surface area contributed by atoms with E-state index in [1.807, 2.05) is 38.1 Å². The highest BCUT2D eigenvalue weighted by molar-refractivity contribution is 7.93. The van der Waals surface area contributed by atoms with E-state index in [1.165, 1.54) is 17.4 Å². The molecule has 0 aliphatic heterocycles. The van der Waals surface area contributed by atoms with Gasteiger partial charge in [0.2, 0.25) is 0 Å². The average molecular weight is 401 g/mol. The van der Waals surface area contributed by atoms with Gasteiger partial charge in [-0.05, 0) is 60.7 Å². The molecule has 3 rings (SSSR count). The molecule has 140 valence electrons. The predicted octanol–water partition coefficient (Wildman–Crippen LogP) is 4.44. The van der Waals surface area contributed by atoms with Gasteiger partial charge in [-0.15, -0.1) is 11.3 Å². The molecule has 0 atom stereocenters. The van der Waals surface area contributed by atoms with Crippen molar-refractivity contribution in [3.05, 3.63) is 76.0 Å². The summed E-state index contributed by atoms with van der Waals surface area (Å²) >= 11 is 1.11. The molecule has 0 saturated heterocycles. The molecule has 0 fully saturated rings. The van der Waals surface area contributed by atoms with E-state index in [2.05, 4.69) is 5.32 Å². The highest BCUT2D eigenvalue weighted by atomic mass is 32.2. The summed E-state index contributed by atoms with van der Waals surface area (Å²) < 4.78 is 27.2. The van der Waals surface area contributed by atoms with Crippen LogP contribution in [0.4, 0.5) is 11.4 Å². The summed E-state index contributed by atoms with van der Waals surface area (Å²) in [7, 11) is -2.37. The number of sulfonamides is 1. The second kappa shape index (κ2) is 7.54. The third kappa shape index (κ3) is 4.04. The van der Waals surface area contributed by atoms with Gasteiger partial charge in [-0.1, -0.05) is 24.3 Å². The van der Waals surface area contributed by atoms with Crippen LogP contribution >= 0.6 is 11.3 Å². The lowest BCUT2D eigenvalue weighted by Gasteiger charge is -2.19. The minimum absolute atomic E-state index is 0.000674. The number of carbonyl (C=O) groups is 1. The maximum atomic E-state index is 13.0. The van der Waals surface area contributed by atoms with Gasteiger partial charge in [-0.3, -0.25) is 9.10 Å². The smallest absolute Gasteiger partial charge is 0.267 e. The van der Waals surface area contributed by atoms with Gasteiger partial charge >= 0.3 is 0 Å². The zero-order valence-corrected chi connectivity index (χ0v) is 16.9. The summed E-state index contributed by atoms with van der Waals surface area (Å²) in [5.41, 5.74) is 3.22. The molecule has 0 aliphatic rings. The van der Waals surface area contributed by atoms with E-state index in [9.17, 15) is 13.2 Å². The van der Waals surface area contributed by atoms with Gasteiger partial charge in [-0.2, -0.15) is 0 Å². The summed E-state index contributed by atoms with van der Waals surface area (Å²) in [6.07, 6.45) is 0. The van der Waals surface area contributed by atoms with Crippen molar-refractivity contribution in [2.75, 3.05) is 16.7 Å². The van der Waals surface area contributed by atoms with Crippen LogP contribution in [-0.2, 0) is 10.0 Å². The van der Waals surface area contributed by atoms with Gasteiger partial charge in [-0.25, -0.2) is 8.42 Å². The van der Waals surface area contributed by atoms with Gasteiger partial charge in [0.15, 0.2) is 0 Å². The maximum Gasteiger partial charge on any atom is 0.267 e. The molecule has 1 heterocycles. The molecule has 3 aromatic rings.